The van der Waals surface area contributed by atoms with E-state index in [9.17, 15) is 19.2 Å². The maximum atomic E-state index is 13.1. The van der Waals surface area contributed by atoms with E-state index in [1.807, 2.05) is 17.0 Å². The zero-order chi connectivity index (χ0) is 26.7. The summed E-state index contributed by atoms with van der Waals surface area (Å²) < 4.78 is 5.35. The Morgan fingerprint density at radius 2 is 1.86 bits per heavy atom. The van der Waals surface area contributed by atoms with E-state index in [-0.39, 0.29) is 55.7 Å². The molecule has 1 aromatic carbocycles. The second-order valence-electron chi connectivity index (χ2n) is 10.8. The predicted molar refractivity (Wildman–Crippen MR) is 139 cm³/mol. The van der Waals surface area contributed by atoms with Gasteiger partial charge in [-0.3, -0.25) is 19.2 Å². The van der Waals surface area contributed by atoms with Gasteiger partial charge in [-0.1, -0.05) is 18.5 Å². The number of halogens is 1. The fourth-order valence-electron chi connectivity index (χ4n) is 4.99. The Bertz CT molecular complexity index is 1020. The molecule has 0 aromatic heterocycles. The molecule has 1 aromatic rings. The van der Waals surface area contributed by atoms with Gasteiger partial charge in [-0.25, -0.2) is 0 Å². The first kappa shape index (κ1) is 28.0. The average molecular weight is 520 g/mol. The smallest absolute Gasteiger partial charge is 0.306 e. The molecule has 8 nitrogen and oxygen atoms in total. The van der Waals surface area contributed by atoms with E-state index in [1.165, 1.54) is 0 Å². The summed E-state index contributed by atoms with van der Waals surface area (Å²) in [5.74, 6) is -1.12. The van der Waals surface area contributed by atoms with Crippen LogP contribution in [0.5, 0.6) is 0 Å². The molecule has 36 heavy (non-hydrogen) atoms. The molecule has 0 radical (unpaired) electrons. The first-order valence-corrected chi connectivity index (χ1v) is 13.1. The molecule has 2 amide bonds. The zero-order valence-corrected chi connectivity index (χ0v) is 22.7. The van der Waals surface area contributed by atoms with Crippen LogP contribution in [0.2, 0.25) is 5.02 Å². The minimum atomic E-state index is -1.20. The lowest BCUT2D eigenvalue weighted by Gasteiger charge is -2.41. The fraction of sp³-hybridized carbons (Fsp3) is 0.630. The highest BCUT2D eigenvalue weighted by Crippen LogP contribution is 2.30. The van der Waals surface area contributed by atoms with Gasteiger partial charge >= 0.3 is 5.97 Å². The number of hydrogen-bond acceptors (Lipinski definition) is 6. The van der Waals surface area contributed by atoms with Gasteiger partial charge in [0.2, 0.25) is 11.8 Å². The van der Waals surface area contributed by atoms with Gasteiger partial charge in [0.15, 0.2) is 5.78 Å². The van der Waals surface area contributed by atoms with Crippen molar-refractivity contribution in [2.75, 3.05) is 24.5 Å². The van der Waals surface area contributed by atoms with Gasteiger partial charge in [0.05, 0.1) is 6.42 Å². The number of anilines is 1. The molecule has 2 aliphatic rings. The number of ether oxygens (including phenoxy) is 1. The number of rotatable bonds is 8. The van der Waals surface area contributed by atoms with Crippen molar-refractivity contribution in [1.82, 2.24) is 10.2 Å². The van der Waals surface area contributed by atoms with Gasteiger partial charge < -0.3 is 19.9 Å². The molecule has 2 aliphatic heterocycles. The molecule has 1 N–H and O–H groups in total. The number of nitrogens with zero attached hydrogens (tertiary/aromatic N) is 2. The number of amides is 2. The summed E-state index contributed by atoms with van der Waals surface area (Å²) >= 11 is 6.28. The van der Waals surface area contributed by atoms with Crippen molar-refractivity contribution in [1.29, 1.82) is 0 Å². The average Bonchev–Trinajstić information content (AvgIpc) is 3.08. The monoisotopic (exact) mass is 519 g/mol. The summed E-state index contributed by atoms with van der Waals surface area (Å²) in [5, 5.41) is 3.52. The van der Waals surface area contributed by atoms with Crippen molar-refractivity contribution >= 4 is 40.9 Å². The molecule has 0 aliphatic carbocycles. The van der Waals surface area contributed by atoms with Gasteiger partial charge in [-0.2, -0.15) is 0 Å². The normalized spacial score (nSPS) is 22.6. The number of carbonyl (C=O) groups excluding carboxylic acids is 4. The topological polar surface area (TPSA) is 96.0 Å². The first-order valence-electron chi connectivity index (χ1n) is 12.7. The SMILES string of the molecule is CCc1cc(N2CCN(C(=O)CCC3(CCC(=O)OC(C)(C)C)NC(=O)CC3=O)C[C@@H]2C)ccc1Cl. The Morgan fingerprint density at radius 1 is 1.17 bits per heavy atom. The highest BCUT2D eigenvalue weighted by molar-refractivity contribution is 6.31. The molecular weight excluding hydrogens is 482 g/mol. The summed E-state index contributed by atoms with van der Waals surface area (Å²) in [6.07, 6.45) is 1.04. The number of hydrogen-bond donors (Lipinski definition) is 1. The molecule has 9 heteroatoms. The van der Waals surface area contributed by atoms with Gasteiger partial charge in [0.25, 0.3) is 0 Å². The first-order chi connectivity index (χ1) is 16.8. The van der Waals surface area contributed by atoms with Crippen molar-refractivity contribution < 1.29 is 23.9 Å². The third-order valence-corrected chi connectivity index (χ3v) is 7.27. The maximum Gasteiger partial charge on any atom is 0.306 e. The standard InChI is InChI=1S/C27H38ClN3O5/c1-6-19-15-20(7-8-21(19)28)31-14-13-30(17-18(31)2)24(34)9-11-27(22(32)16-23(33)29-27)12-10-25(35)36-26(3,4)5/h7-8,15,18H,6,9-14,16-17H2,1-5H3,(H,29,33)/t18-,27?/m0/s1. The van der Waals surface area contributed by atoms with E-state index in [0.29, 0.717) is 19.6 Å². The van der Waals surface area contributed by atoms with Crippen molar-refractivity contribution in [2.24, 2.45) is 0 Å². The molecule has 0 spiro atoms. The molecular formula is C27H38ClN3O5. The van der Waals surface area contributed by atoms with Crippen molar-refractivity contribution in [3.8, 4) is 0 Å². The molecule has 2 heterocycles. The van der Waals surface area contributed by atoms with Gasteiger partial charge in [-0.15, -0.1) is 0 Å². The molecule has 2 saturated heterocycles. The molecule has 0 saturated carbocycles. The predicted octanol–water partition coefficient (Wildman–Crippen LogP) is 3.67. The molecule has 3 rings (SSSR count). The Balaban J connectivity index is 1.60. The van der Waals surface area contributed by atoms with Crippen LogP contribution in [0.15, 0.2) is 18.2 Å². The number of carbonyl (C=O) groups is 4. The quantitative estimate of drug-likeness (QED) is 0.416. The number of aryl methyl sites for hydroxylation is 1. The van der Waals surface area contributed by atoms with Gasteiger partial charge in [0, 0.05) is 49.2 Å². The fourth-order valence-corrected chi connectivity index (χ4v) is 5.24. The van der Waals surface area contributed by atoms with E-state index in [4.69, 9.17) is 16.3 Å². The number of piperazine rings is 1. The number of esters is 1. The minimum Gasteiger partial charge on any atom is -0.460 e. The van der Waals surface area contributed by atoms with Crippen LogP contribution < -0.4 is 10.2 Å². The summed E-state index contributed by atoms with van der Waals surface area (Å²) in [5.41, 5.74) is 0.360. The molecule has 2 atom stereocenters. The third kappa shape index (κ3) is 6.78. The molecule has 2 fully saturated rings. The van der Waals surface area contributed by atoms with E-state index in [2.05, 4.69) is 30.1 Å². The van der Waals surface area contributed by atoms with Crippen molar-refractivity contribution in [3.63, 3.8) is 0 Å². The van der Waals surface area contributed by atoms with Crippen LogP contribution >= 0.6 is 11.6 Å². The third-order valence-electron chi connectivity index (χ3n) is 6.90. The Labute approximate surface area is 218 Å². The number of nitrogens with one attached hydrogen (secondary N) is 1. The van der Waals surface area contributed by atoms with E-state index < -0.39 is 17.1 Å². The molecule has 0 bridgehead atoms. The largest absolute Gasteiger partial charge is 0.460 e. The number of ketones is 1. The number of benzene rings is 1. The van der Waals surface area contributed by atoms with Gasteiger partial charge in [-0.05, 0) is 70.7 Å². The second-order valence-corrected chi connectivity index (χ2v) is 11.2. The molecule has 198 valence electrons. The summed E-state index contributed by atoms with van der Waals surface area (Å²) in [7, 11) is 0. The van der Waals surface area contributed by atoms with Crippen LogP contribution in [0.25, 0.3) is 0 Å². The molecule has 1 unspecified atom stereocenters. The van der Waals surface area contributed by atoms with Crippen molar-refractivity contribution in [3.05, 3.63) is 28.8 Å². The Kier molecular flexibility index (Phi) is 8.70. The van der Waals surface area contributed by atoms with Crippen LogP contribution in [-0.4, -0.2) is 65.3 Å². The maximum absolute atomic E-state index is 13.1. The van der Waals surface area contributed by atoms with Crippen LogP contribution in [0, 0.1) is 0 Å². The highest BCUT2D eigenvalue weighted by Gasteiger charge is 2.46. The Hall–Kier alpha value is -2.61. The van der Waals surface area contributed by atoms with E-state index in [1.54, 1.807) is 20.8 Å². The van der Waals surface area contributed by atoms with Crippen molar-refractivity contribution in [2.45, 2.75) is 90.3 Å². The summed E-state index contributed by atoms with van der Waals surface area (Å²) in [4.78, 5) is 54.2. The van der Waals surface area contributed by atoms with Crippen LogP contribution in [-0.2, 0) is 30.3 Å². The zero-order valence-electron chi connectivity index (χ0n) is 22.0. The van der Waals surface area contributed by atoms with Crippen LogP contribution in [0.3, 0.4) is 0 Å². The van der Waals surface area contributed by atoms with Crippen LogP contribution in [0.4, 0.5) is 5.69 Å². The van der Waals surface area contributed by atoms with Gasteiger partial charge in [0.1, 0.15) is 11.1 Å². The van der Waals surface area contributed by atoms with E-state index in [0.717, 1.165) is 22.7 Å². The lowest BCUT2D eigenvalue weighted by Crippen LogP contribution is -2.54. The lowest BCUT2D eigenvalue weighted by atomic mass is 9.85. The lowest BCUT2D eigenvalue weighted by molar-refractivity contribution is -0.155. The summed E-state index contributed by atoms with van der Waals surface area (Å²) in [6.45, 7) is 11.3. The van der Waals surface area contributed by atoms with E-state index >= 15 is 0 Å². The summed E-state index contributed by atoms with van der Waals surface area (Å²) in [6, 6.07) is 6.16. The minimum absolute atomic E-state index is 0.00592. The second kappa shape index (κ2) is 11.2. The Morgan fingerprint density at radius 3 is 2.44 bits per heavy atom. The highest BCUT2D eigenvalue weighted by atomic mass is 35.5. The number of Topliss-reactive ketones (excluding diaryl/α,β-unsaturated/α-hetero) is 1. The van der Waals surface area contributed by atoms with Crippen LogP contribution in [0.1, 0.15) is 72.3 Å².